The van der Waals surface area contributed by atoms with Crippen molar-refractivity contribution in [3.05, 3.63) is 88.0 Å². The van der Waals surface area contributed by atoms with Gasteiger partial charge in [0.15, 0.2) is 5.78 Å². The number of carbonyl (C=O) groups excluding carboxylic acids is 9. The molecule has 4 atom stereocenters. The van der Waals surface area contributed by atoms with E-state index in [0.717, 1.165) is 32.1 Å². The molecule has 0 saturated heterocycles. The molecule has 4 rings (SSSR count). The molecule has 0 aromatic heterocycles. The Morgan fingerprint density at radius 3 is 1.67 bits per heavy atom. The first-order chi connectivity index (χ1) is 46.6. The summed E-state index contributed by atoms with van der Waals surface area (Å²) in [6.45, 7) is 1.77. The van der Waals surface area contributed by atoms with Gasteiger partial charge in [-0.15, -0.1) is 5.92 Å². The van der Waals surface area contributed by atoms with Gasteiger partial charge < -0.3 is 81.1 Å². The Morgan fingerprint density at radius 2 is 1.14 bits per heavy atom. The van der Waals surface area contributed by atoms with Crippen LogP contribution in [-0.2, 0) is 73.4 Å². The predicted molar refractivity (Wildman–Crippen MR) is 334 cm³/mol. The number of urea groups is 1. The van der Waals surface area contributed by atoms with Crippen LogP contribution in [0.1, 0.15) is 103 Å². The van der Waals surface area contributed by atoms with Gasteiger partial charge in [0.05, 0.1) is 97.5 Å². The van der Waals surface area contributed by atoms with E-state index in [1.807, 2.05) is 0 Å². The highest BCUT2D eigenvalue weighted by molar-refractivity contribution is 7.59. The van der Waals surface area contributed by atoms with Crippen molar-refractivity contribution >= 4 is 72.5 Å². The number of nitrogens with two attached hydrogens (primary N) is 2. The molecule has 25 nitrogen and oxygen atoms in total. The standard InChI is InChI=1S/C38H40F10N2O11.C25H39N5O7.H2S/c39-27-29(41)33(45)37(34(46)30(27)42)60-25(53)9-13-57-18-21(19-58-14-10-26(54)61-38-35(47)31(43)28(40)32(44)36(38)48)50-23(51)8-12-55-16-17-56-15-11-49-24(52)20-59-22-6-4-2-1-3-5-7-22;1-15(2)22(30-24(35)19(26)10-11-21(33)37-3)20(32)13-17(5-4-12-28-25(27)36)23(34)29-18-8-6-16(14-31)7-9-18;/h21-22H,1-4,6,8-20H2,(H,49,52)(H,50,51);6-9,15,17,19,22,31H,4-5,10-14,26H2,1-3H3,(H,29,34)(H,30,35)(H3,27,28,36);1H2/t;17-,19+,22+;/m.1./s1. The number of Topliss-reactive ketones (excluding diaryl/α,β-unsaturated/α-hetero) is 1. The summed E-state index contributed by atoms with van der Waals surface area (Å²) in [6.07, 6.45) is 3.09. The molecule has 0 saturated carbocycles. The third-order valence-corrected chi connectivity index (χ3v) is 13.8. The first kappa shape index (κ1) is 86.9. The molecule has 0 fully saturated rings. The zero-order valence-electron chi connectivity index (χ0n) is 54.3. The molecule has 6 amide bonds. The SMILES string of the molecule is COC(=O)CC[C@H](N)C(=O)N[C@H](C(=O)C[C@@H](CCCNC(N)=O)C(=O)Nc1ccc(CO)cc1)C(C)C.O=C(COC1C#CCCCCC1)NCCOCCOCCC(=O)NC(COCCC(=O)Oc1c(F)c(F)c(F)c(F)c1F)COCCC(=O)Oc1c(F)c(F)c(F)c(F)c1F.S. The molecular weight excluding hydrogens is 1360 g/mol. The van der Waals surface area contributed by atoms with Gasteiger partial charge in [-0.2, -0.15) is 31.1 Å². The minimum atomic E-state index is -2.47. The Balaban J connectivity index is 0.000000752. The predicted octanol–water partition coefficient (Wildman–Crippen LogP) is 5.45. The van der Waals surface area contributed by atoms with Gasteiger partial charge in [-0.25, -0.2) is 31.1 Å². The van der Waals surface area contributed by atoms with Gasteiger partial charge in [-0.05, 0) is 62.1 Å². The average Bonchev–Trinajstić information content (AvgIpc) is 0.807. The summed E-state index contributed by atoms with van der Waals surface area (Å²) in [5.74, 6) is -28.3. The number of carbonyl (C=O) groups is 9. The molecule has 1 unspecified atom stereocenters. The van der Waals surface area contributed by atoms with Gasteiger partial charge in [0.1, 0.15) is 12.7 Å². The van der Waals surface area contributed by atoms with E-state index < -0.39 is 175 Å². The van der Waals surface area contributed by atoms with Gasteiger partial charge in [0, 0.05) is 50.4 Å². The molecule has 1 aliphatic carbocycles. The van der Waals surface area contributed by atoms with Crippen LogP contribution in [0.15, 0.2) is 24.3 Å². The first-order valence-corrected chi connectivity index (χ1v) is 30.7. The Morgan fingerprint density at radius 1 is 0.606 bits per heavy atom. The Bertz CT molecular complexity index is 3080. The van der Waals surface area contributed by atoms with Crippen LogP contribution in [0, 0.1) is 81.8 Å². The summed E-state index contributed by atoms with van der Waals surface area (Å²) in [5.41, 5.74) is 12.1. The zero-order chi connectivity index (χ0) is 72.9. The van der Waals surface area contributed by atoms with Crippen molar-refractivity contribution in [3.8, 4) is 23.3 Å². The molecule has 0 radical (unpaired) electrons. The molecule has 10 N–H and O–H groups in total. The molecule has 0 bridgehead atoms. The number of halogens is 10. The fourth-order valence-corrected chi connectivity index (χ4v) is 8.53. The summed E-state index contributed by atoms with van der Waals surface area (Å²) in [5, 5.41) is 22.2. The number of ether oxygens (including phenoxy) is 8. The van der Waals surface area contributed by atoms with Crippen molar-refractivity contribution < 1.29 is 130 Å². The lowest BCUT2D eigenvalue weighted by Gasteiger charge is -2.25. The Labute approximate surface area is 569 Å². The fourth-order valence-electron chi connectivity index (χ4n) is 8.53. The van der Waals surface area contributed by atoms with Gasteiger partial charge in [0.25, 0.3) is 0 Å². The second kappa shape index (κ2) is 47.0. The van der Waals surface area contributed by atoms with Gasteiger partial charge >= 0.3 is 23.9 Å². The van der Waals surface area contributed by atoms with Crippen molar-refractivity contribution in [2.24, 2.45) is 23.3 Å². The second-order valence-corrected chi connectivity index (χ2v) is 21.8. The number of primary amides is 1. The lowest BCUT2D eigenvalue weighted by atomic mass is 9.89. The second-order valence-electron chi connectivity index (χ2n) is 21.8. The van der Waals surface area contributed by atoms with Crippen LogP contribution in [0.25, 0.3) is 0 Å². The number of ketones is 1. The van der Waals surface area contributed by atoms with Crippen molar-refractivity contribution in [1.29, 1.82) is 0 Å². The molecule has 1 aliphatic rings. The summed E-state index contributed by atoms with van der Waals surface area (Å²) in [4.78, 5) is 110. The van der Waals surface area contributed by atoms with E-state index in [4.69, 9.17) is 35.2 Å². The lowest BCUT2D eigenvalue weighted by molar-refractivity contribution is -0.141. The van der Waals surface area contributed by atoms with Crippen LogP contribution >= 0.6 is 13.5 Å². The maximum Gasteiger partial charge on any atom is 0.313 e. The Kier molecular flexibility index (Phi) is 41.2. The minimum absolute atomic E-state index is 0. The van der Waals surface area contributed by atoms with Crippen LogP contribution in [0.5, 0.6) is 11.5 Å². The normalized spacial score (nSPS) is 13.5. The van der Waals surface area contributed by atoms with Crippen molar-refractivity contribution in [2.45, 2.75) is 128 Å². The van der Waals surface area contributed by atoms with E-state index in [0.29, 0.717) is 17.7 Å². The number of amides is 6. The molecule has 0 aliphatic heterocycles. The summed E-state index contributed by atoms with van der Waals surface area (Å²) in [7, 11) is 1.24. The molecule has 0 heterocycles. The fraction of sp³-hybridized carbons (Fsp3) is 0.540. The van der Waals surface area contributed by atoms with Crippen LogP contribution in [0.3, 0.4) is 0 Å². The monoisotopic (exact) mass is 1450 g/mol. The van der Waals surface area contributed by atoms with E-state index in [1.165, 1.54) is 7.11 Å². The summed E-state index contributed by atoms with van der Waals surface area (Å²) in [6, 6.07) is 2.95. The van der Waals surface area contributed by atoms with Crippen LogP contribution in [0.2, 0.25) is 0 Å². The molecule has 0 spiro atoms. The van der Waals surface area contributed by atoms with Gasteiger partial charge in [-0.3, -0.25) is 38.4 Å². The van der Waals surface area contributed by atoms with Crippen molar-refractivity contribution in [2.75, 3.05) is 85.0 Å². The van der Waals surface area contributed by atoms with E-state index in [2.05, 4.69) is 52.6 Å². The molecule has 3 aromatic rings. The largest absolute Gasteiger partial charge is 0.469 e. The van der Waals surface area contributed by atoms with Crippen molar-refractivity contribution in [1.82, 2.24) is 21.3 Å². The number of aliphatic hydroxyl groups excluding tert-OH is 1. The van der Waals surface area contributed by atoms with E-state index in [1.54, 1.807) is 38.1 Å². The Hall–Kier alpha value is -8.18. The average molecular weight is 1450 g/mol. The molecular formula is C63H81F10N7O18S. The topological polar surface area (TPSA) is 360 Å². The highest BCUT2D eigenvalue weighted by Crippen LogP contribution is 2.31. The van der Waals surface area contributed by atoms with Crippen LogP contribution in [0.4, 0.5) is 54.4 Å². The third-order valence-electron chi connectivity index (χ3n) is 13.8. The van der Waals surface area contributed by atoms with Gasteiger partial charge in [0.2, 0.25) is 93.3 Å². The number of esters is 3. The van der Waals surface area contributed by atoms with E-state index in [-0.39, 0.29) is 122 Å². The van der Waals surface area contributed by atoms with E-state index >= 15 is 0 Å². The van der Waals surface area contributed by atoms with Crippen LogP contribution in [-0.4, -0.2) is 162 Å². The smallest absolute Gasteiger partial charge is 0.313 e. The van der Waals surface area contributed by atoms with Crippen molar-refractivity contribution in [3.63, 3.8) is 0 Å². The number of anilines is 1. The molecule has 552 valence electrons. The van der Waals surface area contributed by atoms with Crippen LogP contribution < -0.4 is 47.5 Å². The third kappa shape index (κ3) is 32.1. The highest BCUT2D eigenvalue weighted by atomic mass is 32.1. The summed E-state index contributed by atoms with van der Waals surface area (Å²) >= 11 is 0. The first-order valence-electron chi connectivity index (χ1n) is 30.7. The van der Waals surface area contributed by atoms with E-state index in [9.17, 15) is 92.2 Å². The molecule has 99 heavy (non-hydrogen) atoms. The maximum atomic E-state index is 13.8. The highest BCUT2D eigenvalue weighted by Gasteiger charge is 2.33. The quantitative estimate of drug-likeness (QED) is 0.00665. The lowest BCUT2D eigenvalue weighted by Crippen LogP contribution is -2.51. The zero-order valence-corrected chi connectivity index (χ0v) is 55.3. The minimum Gasteiger partial charge on any atom is -0.469 e. The number of methoxy groups -OCH3 is 1. The van der Waals surface area contributed by atoms with Gasteiger partial charge in [-0.1, -0.05) is 38.3 Å². The maximum absolute atomic E-state index is 13.8. The summed E-state index contributed by atoms with van der Waals surface area (Å²) < 4.78 is 175. The number of hydrogen-bond acceptors (Lipinski definition) is 19. The number of hydrogen-bond donors (Lipinski definition) is 8. The number of nitrogens with one attached hydrogen (secondary N) is 5. The molecule has 3 aromatic carbocycles. The number of rotatable bonds is 41. The number of aliphatic hydroxyl groups is 1. The molecule has 36 heteroatoms. The number of benzene rings is 3.